The van der Waals surface area contributed by atoms with E-state index in [2.05, 4.69) is 37.1 Å². The summed E-state index contributed by atoms with van der Waals surface area (Å²) in [6, 6.07) is 0. The van der Waals surface area contributed by atoms with Crippen LogP contribution in [-0.2, 0) is 0 Å². The second kappa shape index (κ2) is 7.86. The van der Waals surface area contributed by atoms with Crippen LogP contribution in [0.15, 0.2) is 11.6 Å². The fraction of sp³-hybridized carbons (Fsp3) is 0.857. The van der Waals surface area contributed by atoms with Gasteiger partial charge in [0.1, 0.15) is 0 Å². The summed E-state index contributed by atoms with van der Waals surface area (Å²) >= 11 is 0. The Morgan fingerprint density at radius 2 is 1.94 bits per heavy atom. The molecule has 1 N–H and O–H groups in total. The van der Waals surface area contributed by atoms with Gasteiger partial charge in [0.25, 0.3) is 0 Å². The van der Waals surface area contributed by atoms with E-state index in [9.17, 15) is 0 Å². The summed E-state index contributed by atoms with van der Waals surface area (Å²) in [4.78, 5) is 2.59. The average Bonchev–Trinajstić information content (AvgIpc) is 2.27. The first-order valence-electron chi connectivity index (χ1n) is 6.75. The molecule has 0 aromatic carbocycles. The minimum Gasteiger partial charge on any atom is -0.314 e. The van der Waals surface area contributed by atoms with Crippen LogP contribution in [0, 0.1) is 5.92 Å². The topological polar surface area (TPSA) is 15.3 Å². The molecule has 1 atom stereocenters. The van der Waals surface area contributed by atoms with Crippen LogP contribution in [-0.4, -0.2) is 37.6 Å². The fourth-order valence-corrected chi connectivity index (χ4v) is 2.14. The van der Waals surface area contributed by atoms with Gasteiger partial charge < -0.3 is 10.2 Å². The molecule has 1 rings (SSSR count). The van der Waals surface area contributed by atoms with Gasteiger partial charge in [-0.2, -0.15) is 0 Å². The zero-order valence-corrected chi connectivity index (χ0v) is 11.3. The molecule has 2 nitrogen and oxygen atoms in total. The highest BCUT2D eigenvalue weighted by Crippen LogP contribution is 2.12. The Balaban J connectivity index is 2.04. The molecule has 1 heterocycles. The van der Waals surface area contributed by atoms with E-state index in [1.807, 2.05) is 0 Å². The predicted octanol–water partition coefficient (Wildman–Crippen LogP) is 2.66. The lowest BCUT2D eigenvalue weighted by Gasteiger charge is -2.28. The number of piperazine rings is 1. The summed E-state index contributed by atoms with van der Waals surface area (Å²) in [7, 11) is 0. The van der Waals surface area contributed by atoms with Gasteiger partial charge in [0.2, 0.25) is 0 Å². The van der Waals surface area contributed by atoms with E-state index >= 15 is 0 Å². The molecule has 2 heteroatoms. The largest absolute Gasteiger partial charge is 0.314 e. The van der Waals surface area contributed by atoms with E-state index in [1.54, 1.807) is 0 Å². The van der Waals surface area contributed by atoms with E-state index in [1.165, 1.54) is 57.6 Å². The molecule has 0 unspecified atom stereocenters. The number of hydrogen-bond acceptors (Lipinski definition) is 2. The Bertz CT molecular complexity index is 201. The van der Waals surface area contributed by atoms with Crippen LogP contribution in [0.1, 0.15) is 40.0 Å². The molecule has 1 aliphatic heterocycles. The van der Waals surface area contributed by atoms with Crippen molar-refractivity contribution in [1.29, 1.82) is 0 Å². The molecule has 0 saturated carbocycles. The van der Waals surface area contributed by atoms with Gasteiger partial charge in [0, 0.05) is 26.2 Å². The number of hydrogen-bond donors (Lipinski definition) is 1. The molecular weight excluding hydrogens is 196 g/mol. The quantitative estimate of drug-likeness (QED) is 0.698. The first kappa shape index (κ1) is 13.7. The second-order valence-electron chi connectivity index (χ2n) is 5.34. The molecule has 94 valence electrons. The first-order valence-corrected chi connectivity index (χ1v) is 6.75. The monoisotopic (exact) mass is 224 g/mol. The minimum absolute atomic E-state index is 0.866. The van der Waals surface area contributed by atoms with Gasteiger partial charge in [-0.1, -0.05) is 18.6 Å². The Kier molecular flexibility index (Phi) is 6.74. The van der Waals surface area contributed by atoms with Gasteiger partial charge in [-0.15, -0.1) is 0 Å². The van der Waals surface area contributed by atoms with Crippen molar-refractivity contribution in [3.05, 3.63) is 11.6 Å². The minimum atomic E-state index is 0.866. The fourth-order valence-electron chi connectivity index (χ4n) is 2.14. The second-order valence-corrected chi connectivity index (χ2v) is 5.34. The van der Waals surface area contributed by atoms with Crippen molar-refractivity contribution < 1.29 is 0 Å². The molecule has 0 bridgehead atoms. The summed E-state index contributed by atoms with van der Waals surface area (Å²) in [6.07, 6.45) is 6.32. The summed E-state index contributed by atoms with van der Waals surface area (Å²) in [6.45, 7) is 12.9. The van der Waals surface area contributed by atoms with Gasteiger partial charge in [-0.05, 0) is 45.6 Å². The molecule has 1 fully saturated rings. The maximum Gasteiger partial charge on any atom is 0.0107 e. The van der Waals surface area contributed by atoms with Gasteiger partial charge in [0.15, 0.2) is 0 Å². The van der Waals surface area contributed by atoms with Gasteiger partial charge in [-0.25, -0.2) is 0 Å². The van der Waals surface area contributed by atoms with Gasteiger partial charge in [0.05, 0.1) is 0 Å². The molecule has 1 aliphatic rings. The average molecular weight is 224 g/mol. The van der Waals surface area contributed by atoms with Crippen molar-refractivity contribution in [2.75, 3.05) is 32.7 Å². The number of nitrogens with one attached hydrogen (secondary N) is 1. The standard InChI is InChI=1S/C14H28N2/c1-13(2)5-4-6-14(3)7-10-16-11-8-15-9-12-16/h5,14-15H,4,6-12H2,1-3H3/t14-/m1/s1. The van der Waals surface area contributed by atoms with Gasteiger partial charge >= 0.3 is 0 Å². The van der Waals surface area contributed by atoms with E-state index in [4.69, 9.17) is 0 Å². The van der Waals surface area contributed by atoms with Crippen molar-refractivity contribution in [3.8, 4) is 0 Å². The molecule has 0 aromatic rings. The maximum absolute atomic E-state index is 3.40. The molecule has 0 radical (unpaired) electrons. The molecule has 0 spiro atoms. The van der Waals surface area contributed by atoms with E-state index in [-0.39, 0.29) is 0 Å². The first-order chi connectivity index (χ1) is 7.68. The zero-order chi connectivity index (χ0) is 11.8. The van der Waals surface area contributed by atoms with Crippen molar-refractivity contribution in [1.82, 2.24) is 10.2 Å². The molecule has 1 saturated heterocycles. The number of rotatable bonds is 6. The van der Waals surface area contributed by atoms with E-state index in [0.29, 0.717) is 0 Å². The van der Waals surface area contributed by atoms with Crippen molar-refractivity contribution >= 4 is 0 Å². The van der Waals surface area contributed by atoms with Crippen molar-refractivity contribution in [3.63, 3.8) is 0 Å². The highest BCUT2D eigenvalue weighted by atomic mass is 15.2. The molecule has 0 aliphatic carbocycles. The highest BCUT2D eigenvalue weighted by molar-refractivity contribution is 4.92. The lowest BCUT2D eigenvalue weighted by atomic mass is 10.0. The smallest absolute Gasteiger partial charge is 0.0107 e. The van der Waals surface area contributed by atoms with Crippen LogP contribution in [0.25, 0.3) is 0 Å². The van der Waals surface area contributed by atoms with Crippen molar-refractivity contribution in [2.45, 2.75) is 40.0 Å². The summed E-state index contributed by atoms with van der Waals surface area (Å²) in [5.41, 5.74) is 1.45. The van der Waals surface area contributed by atoms with Gasteiger partial charge in [-0.3, -0.25) is 0 Å². The lowest BCUT2D eigenvalue weighted by molar-refractivity contribution is 0.224. The third-order valence-electron chi connectivity index (χ3n) is 3.36. The zero-order valence-electron chi connectivity index (χ0n) is 11.3. The Hall–Kier alpha value is -0.340. The molecule has 0 amide bonds. The van der Waals surface area contributed by atoms with E-state index in [0.717, 1.165) is 5.92 Å². The third-order valence-corrected chi connectivity index (χ3v) is 3.36. The van der Waals surface area contributed by atoms with Crippen LogP contribution in [0.2, 0.25) is 0 Å². The SMILES string of the molecule is CC(C)=CCC[C@@H](C)CCN1CCNCC1. The Morgan fingerprint density at radius 1 is 1.25 bits per heavy atom. The highest BCUT2D eigenvalue weighted by Gasteiger charge is 2.10. The predicted molar refractivity (Wildman–Crippen MR) is 71.8 cm³/mol. The molecule has 0 aromatic heterocycles. The summed E-state index contributed by atoms with van der Waals surface area (Å²) < 4.78 is 0. The van der Waals surface area contributed by atoms with Crippen molar-refractivity contribution in [2.24, 2.45) is 5.92 Å². The molecule has 16 heavy (non-hydrogen) atoms. The van der Waals surface area contributed by atoms with Crippen LogP contribution >= 0.6 is 0 Å². The Morgan fingerprint density at radius 3 is 2.56 bits per heavy atom. The van der Waals surface area contributed by atoms with E-state index < -0.39 is 0 Å². The number of allylic oxidation sites excluding steroid dienone is 2. The Labute approximate surface area is 101 Å². The third kappa shape index (κ3) is 6.29. The van der Waals surface area contributed by atoms with Crippen LogP contribution < -0.4 is 5.32 Å². The van der Waals surface area contributed by atoms with Crippen LogP contribution in [0.5, 0.6) is 0 Å². The summed E-state index contributed by atoms with van der Waals surface area (Å²) in [5.74, 6) is 0.866. The van der Waals surface area contributed by atoms with Crippen LogP contribution in [0.4, 0.5) is 0 Å². The van der Waals surface area contributed by atoms with Crippen LogP contribution in [0.3, 0.4) is 0 Å². The molecular formula is C14H28N2. The lowest BCUT2D eigenvalue weighted by Crippen LogP contribution is -2.44. The normalized spacial score (nSPS) is 19.4. The maximum atomic E-state index is 3.40. The summed E-state index contributed by atoms with van der Waals surface area (Å²) in [5, 5.41) is 3.40. The number of nitrogens with zero attached hydrogens (tertiary/aromatic N) is 1.